The van der Waals surface area contributed by atoms with E-state index in [1.54, 1.807) is 7.05 Å². The van der Waals surface area contributed by atoms with E-state index in [1.165, 1.54) is 19.3 Å². The van der Waals surface area contributed by atoms with Gasteiger partial charge in [-0.1, -0.05) is 6.42 Å². The Hall–Kier alpha value is -1.95. The van der Waals surface area contributed by atoms with Crippen LogP contribution < -0.4 is 10.6 Å². The molecule has 0 spiro atoms. The minimum atomic E-state index is 0.610. The van der Waals surface area contributed by atoms with Crippen LogP contribution in [0.25, 0.3) is 11.4 Å². The first-order valence-electron chi connectivity index (χ1n) is 7.29. The summed E-state index contributed by atoms with van der Waals surface area (Å²) in [4.78, 5) is 0. The molecule has 110 valence electrons. The molecule has 1 aromatic heterocycles. The molecule has 3 rings (SSSR count). The van der Waals surface area contributed by atoms with Crippen molar-refractivity contribution in [2.45, 2.75) is 32.2 Å². The zero-order valence-corrected chi connectivity index (χ0v) is 12.9. The molecule has 21 heavy (non-hydrogen) atoms. The number of fused-ring (bicyclic) bond motifs is 1. The van der Waals surface area contributed by atoms with Crippen LogP contribution in [-0.4, -0.2) is 26.9 Å². The van der Waals surface area contributed by atoms with Gasteiger partial charge in [0.1, 0.15) is 5.82 Å². The average Bonchev–Trinajstić information content (AvgIpc) is 2.76. The number of hydrogen-bond acceptors (Lipinski definition) is 3. The molecule has 2 aromatic rings. The second-order valence-electron chi connectivity index (χ2n) is 5.18. The normalized spacial score (nSPS) is 14.1. The van der Waals surface area contributed by atoms with Crippen molar-refractivity contribution in [3.05, 3.63) is 30.1 Å². The van der Waals surface area contributed by atoms with E-state index in [-0.39, 0.29) is 0 Å². The van der Waals surface area contributed by atoms with Gasteiger partial charge in [0.05, 0.1) is 0 Å². The molecule has 0 saturated heterocycles. The van der Waals surface area contributed by atoms with Gasteiger partial charge in [-0.3, -0.25) is 0 Å². The molecule has 1 aliphatic heterocycles. The summed E-state index contributed by atoms with van der Waals surface area (Å²) in [6.07, 6.45) is 4.72. The Balaban J connectivity index is 1.84. The van der Waals surface area contributed by atoms with Gasteiger partial charge in [0.25, 0.3) is 0 Å². The lowest BCUT2D eigenvalue weighted by Gasteiger charge is -2.09. The van der Waals surface area contributed by atoms with Gasteiger partial charge in [0.2, 0.25) is 0 Å². The van der Waals surface area contributed by atoms with Crippen molar-refractivity contribution in [1.29, 1.82) is 0 Å². The highest BCUT2D eigenvalue weighted by Gasteiger charge is 2.15. The average molecular weight is 301 g/mol. The minimum Gasteiger partial charge on any atom is -0.366 e. The number of anilines is 1. The van der Waals surface area contributed by atoms with Gasteiger partial charge in [-0.2, -0.15) is 0 Å². The van der Waals surface area contributed by atoms with Gasteiger partial charge < -0.3 is 15.2 Å². The van der Waals surface area contributed by atoms with Crippen LogP contribution in [0.3, 0.4) is 0 Å². The van der Waals surface area contributed by atoms with E-state index in [0.29, 0.717) is 5.11 Å². The highest BCUT2D eigenvalue weighted by atomic mass is 32.1. The van der Waals surface area contributed by atoms with Crippen LogP contribution in [0.2, 0.25) is 0 Å². The predicted molar refractivity (Wildman–Crippen MR) is 88.3 cm³/mol. The van der Waals surface area contributed by atoms with Crippen molar-refractivity contribution in [2.75, 3.05) is 12.4 Å². The molecule has 2 N–H and O–H groups in total. The summed E-state index contributed by atoms with van der Waals surface area (Å²) in [6.45, 7) is 1.02. The highest BCUT2D eigenvalue weighted by Crippen LogP contribution is 2.23. The third-order valence-electron chi connectivity index (χ3n) is 3.74. The Bertz CT molecular complexity index is 632. The van der Waals surface area contributed by atoms with Crippen LogP contribution in [0, 0.1) is 0 Å². The zero-order chi connectivity index (χ0) is 14.7. The van der Waals surface area contributed by atoms with Crippen LogP contribution in [0.1, 0.15) is 25.1 Å². The van der Waals surface area contributed by atoms with E-state index < -0.39 is 0 Å². The second kappa shape index (κ2) is 6.22. The third kappa shape index (κ3) is 3.05. The Morgan fingerprint density at radius 3 is 2.71 bits per heavy atom. The van der Waals surface area contributed by atoms with Gasteiger partial charge in [-0.05, 0) is 49.3 Å². The summed E-state index contributed by atoms with van der Waals surface area (Å²) >= 11 is 5.10. The number of nitrogens with zero attached hydrogens (tertiary/aromatic N) is 3. The maximum atomic E-state index is 5.10. The molecule has 0 aliphatic carbocycles. The largest absolute Gasteiger partial charge is 0.366 e. The predicted octanol–water partition coefficient (Wildman–Crippen LogP) is 2.59. The number of aromatic nitrogens is 3. The summed E-state index contributed by atoms with van der Waals surface area (Å²) in [7, 11) is 1.80. The fraction of sp³-hybridized carbons (Fsp3) is 0.400. The summed E-state index contributed by atoms with van der Waals surface area (Å²) in [5, 5.41) is 15.3. The molecule has 0 fully saturated rings. The number of nitrogens with one attached hydrogen (secondary N) is 2. The van der Waals surface area contributed by atoms with Gasteiger partial charge in [0.15, 0.2) is 10.9 Å². The highest BCUT2D eigenvalue weighted by molar-refractivity contribution is 7.80. The first-order chi connectivity index (χ1) is 10.3. The maximum Gasteiger partial charge on any atom is 0.170 e. The molecule has 2 heterocycles. The van der Waals surface area contributed by atoms with Crippen LogP contribution in [0.4, 0.5) is 5.69 Å². The lowest BCUT2D eigenvalue weighted by atomic mass is 10.2. The Labute approximate surface area is 129 Å². The van der Waals surface area contributed by atoms with Crippen molar-refractivity contribution in [2.24, 2.45) is 0 Å². The number of aryl methyl sites for hydroxylation is 1. The zero-order valence-electron chi connectivity index (χ0n) is 12.1. The molecule has 0 amide bonds. The van der Waals surface area contributed by atoms with E-state index in [2.05, 4.69) is 37.5 Å². The van der Waals surface area contributed by atoms with Gasteiger partial charge >= 0.3 is 0 Å². The van der Waals surface area contributed by atoms with Crippen molar-refractivity contribution >= 4 is 23.0 Å². The van der Waals surface area contributed by atoms with Crippen LogP contribution in [0.5, 0.6) is 0 Å². The topological polar surface area (TPSA) is 54.8 Å². The Morgan fingerprint density at radius 2 is 1.95 bits per heavy atom. The third-order valence-corrected chi connectivity index (χ3v) is 4.04. The molecule has 1 aliphatic rings. The van der Waals surface area contributed by atoms with E-state index in [1.807, 2.05) is 12.1 Å². The molecule has 6 heteroatoms. The maximum absolute atomic E-state index is 5.10. The fourth-order valence-corrected chi connectivity index (χ4v) is 2.71. The second-order valence-corrected chi connectivity index (χ2v) is 5.59. The molecule has 0 saturated carbocycles. The molecular weight excluding hydrogens is 282 g/mol. The molecule has 0 unspecified atom stereocenters. The van der Waals surface area contributed by atoms with Crippen molar-refractivity contribution in [1.82, 2.24) is 20.1 Å². The standard InChI is InChI=1S/C15H19N5S/c1-16-15(21)17-12-8-6-11(7-9-12)14-19-18-13-5-3-2-4-10-20(13)14/h6-9H,2-5,10H2,1H3,(H2,16,17,21). The van der Waals surface area contributed by atoms with Gasteiger partial charge in [0, 0.05) is 31.3 Å². The quantitative estimate of drug-likeness (QED) is 0.835. The molecule has 5 nitrogen and oxygen atoms in total. The fourth-order valence-electron chi connectivity index (χ4n) is 2.59. The lowest BCUT2D eigenvalue weighted by molar-refractivity contribution is 0.636. The molecule has 0 radical (unpaired) electrons. The summed E-state index contributed by atoms with van der Waals surface area (Å²) in [5.41, 5.74) is 2.06. The van der Waals surface area contributed by atoms with Crippen molar-refractivity contribution < 1.29 is 0 Å². The van der Waals surface area contributed by atoms with Gasteiger partial charge in [-0.15, -0.1) is 10.2 Å². The van der Waals surface area contributed by atoms with Crippen LogP contribution in [-0.2, 0) is 13.0 Å². The number of hydrogen-bond donors (Lipinski definition) is 2. The number of benzene rings is 1. The summed E-state index contributed by atoms with van der Waals surface area (Å²) in [6, 6.07) is 8.14. The molecule has 0 atom stereocenters. The first-order valence-corrected chi connectivity index (χ1v) is 7.70. The SMILES string of the molecule is CNC(=S)Nc1ccc(-c2nnc3n2CCCCC3)cc1. The minimum absolute atomic E-state index is 0.610. The Morgan fingerprint density at radius 1 is 1.14 bits per heavy atom. The van der Waals surface area contributed by atoms with E-state index in [9.17, 15) is 0 Å². The van der Waals surface area contributed by atoms with E-state index in [4.69, 9.17) is 12.2 Å². The van der Waals surface area contributed by atoms with Gasteiger partial charge in [-0.25, -0.2) is 0 Å². The summed E-state index contributed by atoms with van der Waals surface area (Å²) in [5.74, 6) is 2.08. The van der Waals surface area contributed by atoms with E-state index in [0.717, 1.165) is 35.9 Å². The number of rotatable bonds is 2. The monoisotopic (exact) mass is 301 g/mol. The first kappa shape index (κ1) is 14.0. The lowest BCUT2D eigenvalue weighted by Crippen LogP contribution is -2.23. The molecule has 0 bridgehead atoms. The van der Waals surface area contributed by atoms with Crippen LogP contribution >= 0.6 is 12.2 Å². The Kier molecular flexibility index (Phi) is 4.15. The van der Waals surface area contributed by atoms with E-state index >= 15 is 0 Å². The molecule has 1 aromatic carbocycles. The van der Waals surface area contributed by atoms with Crippen molar-refractivity contribution in [3.8, 4) is 11.4 Å². The van der Waals surface area contributed by atoms with Crippen LogP contribution in [0.15, 0.2) is 24.3 Å². The summed E-state index contributed by atoms with van der Waals surface area (Å²) < 4.78 is 2.26. The number of thiocarbonyl (C=S) groups is 1. The smallest absolute Gasteiger partial charge is 0.170 e. The molecular formula is C15H19N5S. The van der Waals surface area contributed by atoms with Crippen molar-refractivity contribution in [3.63, 3.8) is 0 Å².